The zero-order valence-electron chi connectivity index (χ0n) is 15.6. The summed E-state index contributed by atoms with van der Waals surface area (Å²) in [7, 11) is 0. The van der Waals surface area contributed by atoms with E-state index in [4.69, 9.17) is 0 Å². The molecule has 0 aromatic heterocycles. The largest absolute Gasteiger partial charge is 0.481 e. The van der Waals surface area contributed by atoms with Gasteiger partial charge in [0.1, 0.15) is 17.7 Å². The van der Waals surface area contributed by atoms with Crippen molar-refractivity contribution in [3.63, 3.8) is 0 Å². The van der Waals surface area contributed by atoms with E-state index in [9.17, 15) is 28.3 Å². The van der Waals surface area contributed by atoms with E-state index >= 15 is 0 Å². The number of hydrogen-bond acceptors (Lipinski definition) is 3. The second kappa shape index (κ2) is 7.73. The number of carbonyl (C=O) groups excluding carboxylic acids is 2. The summed E-state index contributed by atoms with van der Waals surface area (Å²) in [6.45, 7) is 2.40. The van der Waals surface area contributed by atoms with Crippen LogP contribution in [0.3, 0.4) is 0 Å². The molecule has 9 heteroatoms. The molecule has 0 bridgehead atoms. The number of carbonyl (C=O) groups is 3. The lowest BCUT2D eigenvalue weighted by molar-refractivity contribution is -0.147. The first-order valence-electron chi connectivity index (χ1n) is 9.21. The molecule has 2 aliphatic heterocycles. The molecule has 3 amide bonds. The molecule has 2 saturated heterocycles. The Morgan fingerprint density at radius 2 is 2.07 bits per heavy atom. The van der Waals surface area contributed by atoms with Crippen molar-refractivity contribution in [2.45, 2.75) is 38.8 Å². The molecule has 28 heavy (non-hydrogen) atoms. The number of carboxylic acid groups (broad SMARTS) is 1. The van der Waals surface area contributed by atoms with Crippen LogP contribution in [0.4, 0.5) is 13.6 Å². The van der Waals surface area contributed by atoms with E-state index in [1.807, 2.05) is 0 Å². The number of nitrogens with zero attached hydrogens (tertiary/aromatic N) is 2. The summed E-state index contributed by atoms with van der Waals surface area (Å²) in [5.41, 5.74) is -0.779. The Morgan fingerprint density at radius 1 is 1.32 bits per heavy atom. The molecule has 2 atom stereocenters. The maximum atomic E-state index is 13.9. The van der Waals surface area contributed by atoms with E-state index in [0.29, 0.717) is 32.4 Å². The Labute approximate surface area is 161 Å². The lowest BCUT2D eigenvalue weighted by atomic mass is 9.90. The molecule has 2 N–H and O–H groups in total. The average Bonchev–Trinajstić information content (AvgIpc) is 3.04. The number of piperidine rings is 1. The van der Waals surface area contributed by atoms with Crippen LogP contribution in [0.2, 0.25) is 0 Å². The molecule has 7 nitrogen and oxygen atoms in total. The van der Waals surface area contributed by atoms with Crippen molar-refractivity contribution in [3.8, 4) is 0 Å². The minimum Gasteiger partial charge on any atom is -0.481 e. The average molecular weight is 395 g/mol. The Balaban J connectivity index is 1.61. The van der Waals surface area contributed by atoms with E-state index in [1.165, 1.54) is 15.9 Å². The predicted molar refractivity (Wildman–Crippen MR) is 95.3 cm³/mol. The van der Waals surface area contributed by atoms with Gasteiger partial charge in [0.15, 0.2) is 0 Å². The Bertz CT molecular complexity index is 803. The van der Waals surface area contributed by atoms with Gasteiger partial charge in [-0.05, 0) is 32.3 Å². The van der Waals surface area contributed by atoms with Crippen molar-refractivity contribution in [2.75, 3.05) is 19.6 Å². The number of halogens is 2. The van der Waals surface area contributed by atoms with Gasteiger partial charge in [-0.2, -0.15) is 0 Å². The fraction of sp³-hybridized carbons (Fsp3) is 0.526. The Kier molecular flexibility index (Phi) is 5.53. The van der Waals surface area contributed by atoms with Crippen LogP contribution in [0.5, 0.6) is 0 Å². The van der Waals surface area contributed by atoms with Crippen LogP contribution in [-0.2, 0) is 16.1 Å². The van der Waals surface area contributed by atoms with Gasteiger partial charge in [-0.15, -0.1) is 0 Å². The Hall–Kier alpha value is -2.71. The number of benzene rings is 1. The molecule has 2 fully saturated rings. The molecule has 0 radical (unpaired) electrons. The highest BCUT2D eigenvalue weighted by atomic mass is 19.1. The van der Waals surface area contributed by atoms with Gasteiger partial charge in [-0.25, -0.2) is 13.6 Å². The van der Waals surface area contributed by atoms with Crippen molar-refractivity contribution in [1.29, 1.82) is 0 Å². The standard InChI is InChI=1S/C19H23F2N3O4/c1-19(17(26)27)6-8-24(11-19)18(28)22-15-3-2-7-23(16(15)25)10-12-4-5-13(20)9-14(12)21/h4-5,9,15H,2-3,6-8,10-11H2,1H3,(H,22,28)(H,26,27). The number of aliphatic carboxylic acids is 1. The third-order valence-corrected chi connectivity index (χ3v) is 5.48. The van der Waals surface area contributed by atoms with Crippen molar-refractivity contribution in [3.05, 3.63) is 35.4 Å². The number of carboxylic acids is 1. The number of urea groups is 1. The van der Waals surface area contributed by atoms with E-state index in [1.54, 1.807) is 6.92 Å². The van der Waals surface area contributed by atoms with Crippen molar-refractivity contribution in [2.24, 2.45) is 5.41 Å². The molecule has 2 unspecified atom stereocenters. The molecular weight excluding hydrogens is 372 g/mol. The van der Waals surface area contributed by atoms with Crippen LogP contribution < -0.4 is 5.32 Å². The van der Waals surface area contributed by atoms with Crippen LogP contribution in [0.1, 0.15) is 31.7 Å². The van der Waals surface area contributed by atoms with E-state index in [0.717, 1.165) is 12.1 Å². The minimum atomic E-state index is -0.986. The summed E-state index contributed by atoms with van der Waals surface area (Å²) < 4.78 is 26.9. The second-order valence-electron chi connectivity index (χ2n) is 7.68. The smallest absolute Gasteiger partial charge is 0.318 e. The van der Waals surface area contributed by atoms with Gasteiger partial charge < -0.3 is 20.2 Å². The zero-order chi connectivity index (χ0) is 20.5. The van der Waals surface area contributed by atoms with Crippen molar-refractivity contribution < 1.29 is 28.3 Å². The normalized spacial score (nSPS) is 25.1. The van der Waals surface area contributed by atoms with Gasteiger partial charge in [-0.1, -0.05) is 6.07 Å². The molecule has 152 valence electrons. The first-order valence-corrected chi connectivity index (χ1v) is 9.21. The highest BCUT2D eigenvalue weighted by molar-refractivity contribution is 5.88. The van der Waals surface area contributed by atoms with E-state index in [2.05, 4.69) is 5.32 Å². The van der Waals surface area contributed by atoms with E-state index < -0.39 is 35.1 Å². The van der Waals surface area contributed by atoms with Crippen LogP contribution >= 0.6 is 0 Å². The van der Waals surface area contributed by atoms with Gasteiger partial charge in [0.25, 0.3) is 0 Å². The molecule has 2 heterocycles. The van der Waals surface area contributed by atoms with E-state index in [-0.39, 0.29) is 24.6 Å². The summed E-state index contributed by atoms with van der Waals surface area (Å²) in [4.78, 5) is 39.3. The maximum Gasteiger partial charge on any atom is 0.318 e. The number of amides is 3. The van der Waals surface area contributed by atoms with Gasteiger partial charge >= 0.3 is 12.0 Å². The number of rotatable bonds is 4. The van der Waals surface area contributed by atoms with Gasteiger partial charge in [0.05, 0.1) is 5.41 Å². The summed E-state index contributed by atoms with van der Waals surface area (Å²) in [6, 6.07) is 1.99. The summed E-state index contributed by atoms with van der Waals surface area (Å²) in [5.74, 6) is -2.69. The Morgan fingerprint density at radius 3 is 2.71 bits per heavy atom. The van der Waals surface area contributed by atoms with Crippen molar-refractivity contribution >= 4 is 17.9 Å². The van der Waals surface area contributed by atoms with Crippen LogP contribution in [0.25, 0.3) is 0 Å². The second-order valence-corrected chi connectivity index (χ2v) is 7.68. The van der Waals surface area contributed by atoms with Gasteiger partial charge in [-0.3, -0.25) is 9.59 Å². The maximum absolute atomic E-state index is 13.9. The predicted octanol–water partition coefficient (Wildman–Crippen LogP) is 1.96. The molecule has 1 aromatic rings. The van der Waals surface area contributed by atoms with Crippen LogP contribution in [-0.4, -0.2) is 58.5 Å². The number of hydrogen-bond donors (Lipinski definition) is 2. The molecule has 0 spiro atoms. The monoisotopic (exact) mass is 395 g/mol. The zero-order valence-corrected chi connectivity index (χ0v) is 15.6. The molecule has 1 aromatic carbocycles. The first-order chi connectivity index (χ1) is 13.2. The summed E-state index contributed by atoms with van der Waals surface area (Å²) in [6.07, 6.45) is 1.44. The minimum absolute atomic E-state index is 0.00187. The third kappa shape index (κ3) is 4.07. The van der Waals surface area contributed by atoms with Gasteiger partial charge in [0, 0.05) is 37.8 Å². The number of nitrogens with one attached hydrogen (secondary N) is 1. The number of likely N-dealkylation sites (tertiary alicyclic amines) is 2. The SMILES string of the molecule is CC1(C(=O)O)CCN(C(=O)NC2CCCN(Cc3ccc(F)cc3F)C2=O)C1. The first kappa shape index (κ1) is 20.0. The fourth-order valence-electron chi connectivity index (χ4n) is 3.64. The lowest BCUT2D eigenvalue weighted by Crippen LogP contribution is -2.54. The quantitative estimate of drug-likeness (QED) is 0.816. The topological polar surface area (TPSA) is 89.9 Å². The lowest BCUT2D eigenvalue weighted by Gasteiger charge is -2.33. The molecule has 0 aliphatic carbocycles. The molecular formula is C19H23F2N3O4. The highest BCUT2D eigenvalue weighted by Crippen LogP contribution is 2.30. The third-order valence-electron chi connectivity index (χ3n) is 5.48. The van der Waals surface area contributed by atoms with Crippen LogP contribution in [0.15, 0.2) is 18.2 Å². The summed E-state index contributed by atoms with van der Waals surface area (Å²) >= 11 is 0. The summed E-state index contributed by atoms with van der Waals surface area (Å²) in [5, 5.41) is 12.0. The molecule has 3 rings (SSSR count). The van der Waals surface area contributed by atoms with Crippen LogP contribution in [0, 0.1) is 17.0 Å². The molecule has 0 saturated carbocycles. The van der Waals surface area contributed by atoms with Crippen molar-refractivity contribution in [1.82, 2.24) is 15.1 Å². The fourth-order valence-corrected chi connectivity index (χ4v) is 3.64. The molecule has 2 aliphatic rings. The highest BCUT2D eigenvalue weighted by Gasteiger charge is 2.43. The van der Waals surface area contributed by atoms with Gasteiger partial charge in [0.2, 0.25) is 5.91 Å².